The number of carbonyl (C=O) groups is 2. The number of nitrogens with one attached hydrogen (secondary N) is 1. The van der Waals surface area contributed by atoms with Crippen molar-refractivity contribution in [2.24, 2.45) is 0 Å². The molecule has 0 aliphatic heterocycles. The predicted molar refractivity (Wildman–Crippen MR) is 86.2 cm³/mol. The van der Waals surface area contributed by atoms with Gasteiger partial charge in [-0.2, -0.15) is 0 Å². The van der Waals surface area contributed by atoms with Gasteiger partial charge in [-0.05, 0) is 43.7 Å². The molecule has 0 atom stereocenters. The summed E-state index contributed by atoms with van der Waals surface area (Å²) in [5.74, 6) is -1.88. The summed E-state index contributed by atoms with van der Waals surface area (Å²) in [6.45, 7) is 3.18. The lowest BCUT2D eigenvalue weighted by Gasteiger charge is -2.09. The van der Waals surface area contributed by atoms with Crippen LogP contribution in [0.4, 0.5) is 10.1 Å². The second kappa shape index (κ2) is 7.24. The summed E-state index contributed by atoms with van der Waals surface area (Å²) in [4.78, 5) is 23.7. The molecule has 6 heteroatoms. The van der Waals surface area contributed by atoms with E-state index < -0.39 is 24.3 Å². The van der Waals surface area contributed by atoms with Crippen molar-refractivity contribution in [1.82, 2.24) is 0 Å². The molecule has 0 heterocycles. The topological polar surface area (TPSA) is 55.4 Å². The van der Waals surface area contributed by atoms with E-state index in [1.54, 1.807) is 19.1 Å². The fourth-order valence-corrected chi connectivity index (χ4v) is 2.20. The molecule has 0 radical (unpaired) electrons. The van der Waals surface area contributed by atoms with Gasteiger partial charge < -0.3 is 10.1 Å². The number of hydrogen-bond donors (Lipinski definition) is 1. The van der Waals surface area contributed by atoms with Gasteiger partial charge in [-0.25, -0.2) is 9.18 Å². The molecule has 1 amide bonds. The zero-order valence-electron chi connectivity index (χ0n) is 12.7. The highest BCUT2D eigenvalue weighted by Gasteiger charge is 2.14. The van der Waals surface area contributed by atoms with Crippen LogP contribution in [0, 0.1) is 19.7 Å². The summed E-state index contributed by atoms with van der Waals surface area (Å²) < 4.78 is 18.4. The van der Waals surface area contributed by atoms with Crippen molar-refractivity contribution < 1.29 is 18.7 Å². The molecule has 0 fully saturated rings. The Morgan fingerprint density at radius 3 is 2.61 bits per heavy atom. The van der Waals surface area contributed by atoms with Crippen LogP contribution in [0.5, 0.6) is 0 Å². The number of amides is 1. The van der Waals surface area contributed by atoms with Gasteiger partial charge in [0.2, 0.25) is 0 Å². The lowest BCUT2D eigenvalue weighted by atomic mass is 10.1. The maximum Gasteiger partial charge on any atom is 0.338 e. The first-order valence-electron chi connectivity index (χ1n) is 6.86. The third-order valence-corrected chi connectivity index (χ3v) is 3.37. The molecule has 0 aromatic heterocycles. The highest BCUT2D eigenvalue weighted by atomic mass is 35.5. The molecule has 0 aliphatic carbocycles. The van der Waals surface area contributed by atoms with Gasteiger partial charge >= 0.3 is 5.97 Å². The van der Waals surface area contributed by atoms with Crippen molar-refractivity contribution >= 4 is 29.2 Å². The first-order chi connectivity index (χ1) is 10.9. The standard InChI is InChI=1S/C17H15ClFNO3/c1-10-3-5-13(11(2)7-10)17(22)23-9-16(21)20-15-8-12(18)4-6-14(15)19/h3-8H,9H2,1-2H3,(H,20,21). The van der Waals surface area contributed by atoms with Gasteiger partial charge in [0.05, 0.1) is 11.3 Å². The Kier molecular flexibility index (Phi) is 5.34. The quantitative estimate of drug-likeness (QED) is 0.862. The number of rotatable bonds is 4. The Hall–Kier alpha value is -2.40. The summed E-state index contributed by atoms with van der Waals surface area (Å²) >= 11 is 5.73. The minimum absolute atomic E-state index is 0.0648. The van der Waals surface area contributed by atoms with E-state index in [2.05, 4.69) is 5.32 Å². The fraction of sp³-hybridized carbons (Fsp3) is 0.176. The maximum atomic E-state index is 13.5. The van der Waals surface area contributed by atoms with Crippen LogP contribution in [0.3, 0.4) is 0 Å². The Balaban J connectivity index is 1.96. The first-order valence-corrected chi connectivity index (χ1v) is 7.24. The number of anilines is 1. The summed E-state index contributed by atoms with van der Waals surface area (Å²) in [5, 5.41) is 2.59. The molecule has 0 unspecified atom stereocenters. The van der Waals surface area contributed by atoms with E-state index in [4.69, 9.17) is 16.3 Å². The molecule has 23 heavy (non-hydrogen) atoms. The van der Waals surface area contributed by atoms with E-state index in [0.29, 0.717) is 5.56 Å². The van der Waals surface area contributed by atoms with Crippen molar-refractivity contribution in [3.05, 3.63) is 63.9 Å². The van der Waals surface area contributed by atoms with Crippen LogP contribution >= 0.6 is 11.6 Å². The Labute approximate surface area is 138 Å². The monoisotopic (exact) mass is 335 g/mol. The zero-order chi connectivity index (χ0) is 17.0. The van der Waals surface area contributed by atoms with Crippen molar-refractivity contribution in [2.75, 3.05) is 11.9 Å². The first kappa shape index (κ1) is 17.0. The zero-order valence-corrected chi connectivity index (χ0v) is 13.4. The van der Waals surface area contributed by atoms with Gasteiger partial charge in [0, 0.05) is 5.02 Å². The van der Waals surface area contributed by atoms with E-state index in [1.165, 1.54) is 12.1 Å². The molecule has 0 aliphatic rings. The number of hydrogen-bond acceptors (Lipinski definition) is 3. The van der Waals surface area contributed by atoms with E-state index in [1.807, 2.05) is 13.0 Å². The highest BCUT2D eigenvalue weighted by Crippen LogP contribution is 2.19. The summed E-state index contributed by atoms with van der Waals surface area (Å²) in [7, 11) is 0. The number of ether oxygens (including phenoxy) is 1. The number of aryl methyl sites for hydroxylation is 2. The molecule has 2 aromatic rings. The largest absolute Gasteiger partial charge is 0.452 e. The smallest absolute Gasteiger partial charge is 0.338 e. The maximum absolute atomic E-state index is 13.5. The molecular weight excluding hydrogens is 321 g/mol. The summed E-state index contributed by atoms with van der Waals surface area (Å²) in [5.41, 5.74) is 2.10. The van der Waals surface area contributed by atoms with Crippen molar-refractivity contribution in [1.29, 1.82) is 0 Å². The predicted octanol–water partition coefficient (Wildman–Crippen LogP) is 3.89. The molecular formula is C17H15ClFNO3. The van der Waals surface area contributed by atoms with E-state index >= 15 is 0 Å². The van der Waals surface area contributed by atoms with Crippen molar-refractivity contribution in [3.8, 4) is 0 Å². The molecule has 0 saturated carbocycles. The van der Waals surface area contributed by atoms with E-state index in [-0.39, 0.29) is 10.7 Å². The van der Waals surface area contributed by atoms with Crippen LogP contribution in [0.2, 0.25) is 5.02 Å². The highest BCUT2D eigenvalue weighted by molar-refractivity contribution is 6.30. The van der Waals surface area contributed by atoms with Crippen molar-refractivity contribution in [2.45, 2.75) is 13.8 Å². The molecule has 120 valence electrons. The average molecular weight is 336 g/mol. The minimum Gasteiger partial charge on any atom is -0.452 e. The molecule has 0 spiro atoms. The molecule has 2 aromatic carbocycles. The number of benzene rings is 2. The van der Waals surface area contributed by atoms with Crippen LogP contribution in [0.15, 0.2) is 36.4 Å². The van der Waals surface area contributed by atoms with Gasteiger partial charge in [0.25, 0.3) is 5.91 Å². The van der Waals surface area contributed by atoms with Crippen LogP contribution in [0.25, 0.3) is 0 Å². The van der Waals surface area contributed by atoms with Gasteiger partial charge in [0.15, 0.2) is 6.61 Å². The average Bonchev–Trinajstić information content (AvgIpc) is 2.48. The van der Waals surface area contributed by atoms with E-state index in [9.17, 15) is 14.0 Å². The normalized spacial score (nSPS) is 10.3. The number of esters is 1. The SMILES string of the molecule is Cc1ccc(C(=O)OCC(=O)Nc2cc(Cl)ccc2F)c(C)c1. The second-order valence-electron chi connectivity index (χ2n) is 5.07. The van der Waals surface area contributed by atoms with Crippen molar-refractivity contribution in [3.63, 3.8) is 0 Å². The third-order valence-electron chi connectivity index (χ3n) is 3.14. The lowest BCUT2D eigenvalue weighted by molar-refractivity contribution is -0.119. The second-order valence-corrected chi connectivity index (χ2v) is 5.50. The lowest BCUT2D eigenvalue weighted by Crippen LogP contribution is -2.21. The molecule has 0 saturated heterocycles. The Morgan fingerprint density at radius 2 is 1.91 bits per heavy atom. The van der Waals surface area contributed by atoms with Crippen LogP contribution < -0.4 is 5.32 Å². The fourth-order valence-electron chi connectivity index (χ4n) is 2.03. The number of halogens is 2. The third kappa shape index (κ3) is 4.53. The Bertz CT molecular complexity index is 761. The van der Waals surface area contributed by atoms with Gasteiger partial charge in [-0.3, -0.25) is 4.79 Å². The molecule has 1 N–H and O–H groups in total. The molecule has 0 bridgehead atoms. The number of carbonyl (C=O) groups excluding carboxylic acids is 2. The van der Waals surface area contributed by atoms with Crippen LogP contribution in [-0.4, -0.2) is 18.5 Å². The van der Waals surface area contributed by atoms with Gasteiger partial charge in [-0.1, -0.05) is 29.3 Å². The van der Waals surface area contributed by atoms with Crippen LogP contribution in [0.1, 0.15) is 21.5 Å². The van der Waals surface area contributed by atoms with E-state index in [0.717, 1.165) is 17.2 Å². The summed E-state index contributed by atoms with van der Waals surface area (Å²) in [6.07, 6.45) is 0. The summed E-state index contributed by atoms with van der Waals surface area (Å²) in [6, 6.07) is 9.05. The van der Waals surface area contributed by atoms with Crippen LogP contribution in [-0.2, 0) is 9.53 Å². The molecule has 4 nitrogen and oxygen atoms in total. The van der Waals surface area contributed by atoms with Gasteiger partial charge in [0.1, 0.15) is 5.82 Å². The minimum atomic E-state index is -0.649. The Morgan fingerprint density at radius 1 is 1.17 bits per heavy atom. The van der Waals surface area contributed by atoms with Gasteiger partial charge in [-0.15, -0.1) is 0 Å². The molecule has 2 rings (SSSR count).